The van der Waals surface area contributed by atoms with Crippen molar-refractivity contribution in [2.45, 2.75) is 52.2 Å². The van der Waals surface area contributed by atoms with Crippen LogP contribution in [0.2, 0.25) is 0 Å². The number of carbonyl (C=O) groups excluding carboxylic acids is 2. The molecule has 2 amide bonds. The Labute approximate surface area is 150 Å². The van der Waals surface area contributed by atoms with Crippen LogP contribution in [0.3, 0.4) is 0 Å². The van der Waals surface area contributed by atoms with Crippen LogP contribution in [-0.2, 0) is 16.0 Å². The van der Waals surface area contributed by atoms with Crippen molar-refractivity contribution < 1.29 is 14.0 Å². The number of furan rings is 1. The van der Waals surface area contributed by atoms with E-state index in [-0.39, 0.29) is 23.8 Å². The second kappa shape index (κ2) is 10.9. The molecule has 7 heteroatoms. The van der Waals surface area contributed by atoms with Gasteiger partial charge in [0.05, 0.1) is 12.3 Å². The molecular weight excluding hydrogens is 320 g/mol. The van der Waals surface area contributed by atoms with E-state index in [1.165, 1.54) is 0 Å². The zero-order valence-electron chi connectivity index (χ0n) is 15.9. The largest absolute Gasteiger partial charge is 0.469 e. The molecule has 142 valence electrons. The van der Waals surface area contributed by atoms with Crippen LogP contribution in [0.15, 0.2) is 22.8 Å². The predicted molar refractivity (Wildman–Crippen MR) is 98.2 cm³/mol. The lowest BCUT2D eigenvalue weighted by Crippen LogP contribution is -2.55. The normalized spacial score (nSPS) is 14.8. The summed E-state index contributed by atoms with van der Waals surface area (Å²) >= 11 is 0. The molecule has 0 saturated heterocycles. The fourth-order valence-electron chi connectivity index (χ4n) is 2.46. The summed E-state index contributed by atoms with van der Waals surface area (Å²) in [5.41, 5.74) is 0. The van der Waals surface area contributed by atoms with Gasteiger partial charge in [0.2, 0.25) is 11.8 Å². The van der Waals surface area contributed by atoms with Gasteiger partial charge in [-0.15, -0.1) is 0 Å². The Bertz CT molecular complexity index is 516. The summed E-state index contributed by atoms with van der Waals surface area (Å²) < 4.78 is 5.36. The number of amides is 2. The molecule has 0 aromatic carbocycles. The highest BCUT2D eigenvalue weighted by Gasteiger charge is 2.25. The maximum Gasteiger partial charge on any atom is 0.242 e. The summed E-state index contributed by atoms with van der Waals surface area (Å²) in [6.45, 7) is 8.64. The third-order valence-electron chi connectivity index (χ3n) is 4.10. The summed E-state index contributed by atoms with van der Waals surface area (Å²) in [4.78, 5) is 24.5. The smallest absolute Gasteiger partial charge is 0.242 e. The van der Waals surface area contributed by atoms with Crippen LogP contribution in [-0.4, -0.2) is 50.1 Å². The monoisotopic (exact) mass is 352 g/mol. The van der Waals surface area contributed by atoms with Gasteiger partial charge in [-0.3, -0.25) is 9.59 Å². The quantitative estimate of drug-likeness (QED) is 0.469. The van der Waals surface area contributed by atoms with Crippen LogP contribution >= 0.6 is 0 Å². The number of likely N-dealkylation sites (N-methyl/N-ethyl adjacent to an activating group) is 2. The predicted octanol–water partition coefficient (Wildman–Crippen LogP) is 0.665. The van der Waals surface area contributed by atoms with E-state index in [2.05, 4.69) is 21.3 Å². The standard InChI is InChI=1S/C18H32N4O3/c1-6-20-18(24)16(12(2)3)22-17(23)13(4)21-11-14(19-5)10-15-8-7-9-25-15/h7-9,12-14,16,19,21H,6,10-11H2,1-5H3,(H,20,24)(H,22,23)/t13-,14-,16-/m0/s1. The van der Waals surface area contributed by atoms with E-state index < -0.39 is 12.1 Å². The van der Waals surface area contributed by atoms with Crippen molar-refractivity contribution in [3.05, 3.63) is 24.2 Å². The summed E-state index contributed by atoms with van der Waals surface area (Å²) in [7, 11) is 1.88. The highest BCUT2D eigenvalue weighted by Crippen LogP contribution is 2.05. The van der Waals surface area contributed by atoms with Gasteiger partial charge in [0.1, 0.15) is 11.8 Å². The average Bonchev–Trinajstić information content (AvgIpc) is 3.08. The van der Waals surface area contributed by atoms with Gasteiger partial charge >= 0.3 is 0 Å². The van der Waals surface area contributed by atoms with Gasteiger partial charge < -0.3 is 25.7 Å². The first kappa shape index (κ1) is 21.2. The molecule has 0 aliphatic heterocycles. The van der Waals surface area contributed by atoms with E-state index in [0.717, 1.165) is 12.2 Å². The third-order valence-corrected chi connectivity index (χ3v) is 4.10. The van der Waals surface area contributed by atoms with Crippen molar-refractivity contribution in [2.24, 2.45) is 5.92 Å². The fourth-order valence-corrected chi connectivity index (χ4v) is 2.46. The summed E-state index contributed by atoms with van der Waals surface area (Å²) in [6.07, 6.45) is 2.39. The van der Waals surface area contributed by atoms with Gasteiger partial charge in [0, 0.05) is 25.6 Å². The van der Waals surface area contributed by atoms with Crippen molar-refractivity contribution in [3.8, 4) is 0 Å². The van der Waals surface area contributed by atoms with Crippen LogP contribution in [0.4, 0.5) is 0 Å². The van der Waals surface area contributed by atoms with E-state index in [0.29, 0.717) is 13.1 Å². The average molecular weight is 352 g/mol. The molecule has 0 unspecified atom stereocenters. The molecule has 1 rings (SSSR count). The molecule has 0 radical (unpaired) electrons. The van der Waals surface area contributed by atoms with Crippen LogP contribution in [0.5, 0.6) is 0 Å². The Balaban J connectivity index is 2.49. The van der Waals surface area contributed by atoms with Crippen molar-refractivity contribution in [1.82, 2.24) is 21.3 Å². The lowest BCUT2D eigenvalue weighted by atomic mass is 10.0. The first-order valence-corrected chi connectivity index (χ1v) is 8.90. The van der Waals surface area contributed by atoms with Crippen LogP contribution in [0.25, 0.3) is 0 Å². The van der Waals surface area contributed by atoms with Crippen LogP contribution < -0.4 is 21.3 Å². The van der Waals surface area contributed by atoms with Crippen molar-refractivity contribution in [2.75, 3.05) is 20.1 Å². The summed E-state index contributed by atoms with van der Waals surface area (Å²) in [5, 5.41) is 12.0. The first-order valence-electron chi connectivity index (χ1n) is 8.90. The minimum absolute atomic E-state index is 0.0201. The van der Waals surface area contributed by atoms with Gasteiger partial charge in [0.25, 0.3) is 0 Å². The fraction of sp³-hybridized carbons (Fsp3) is 0.667. The molecular formula is C18H32N4O3. The second-order valence-electron chi connectivity index (χ2n) is 6.52. The molecule has 0 spiro atoms. The van der Waals surface area contributed by atoms with Crippen molar-refractivity contribution in [3.63, 3.8) is 0 Å². The Kier molecular flexibility index (Phi) is 9.23. The molecule has 7 nitrogen and oxygen atoms in total. The lowest BCUT2D eigenvalue weighted by molar-refractivity contribution is -0.130. The van der Waals surface area contributed by atoms with Gasteiger partial charge in [0.15, 0.2) is 0 Å². The molecule has 1 aromatic rings. The van der Waals surface area contributed by atoms with Crippen LogP contribution in [0, 0.1) is 5.92 Å². The number of hydrogen-bond acceptors (Lipinski definition) is 5. The molecule has 0 aliphatic rings. The minimum atomic E-state index is -0.528. The molecule has 25 heavy (non-hydrogen) atoms. The highest BCUT2D eigenvalue weighted by molar-refractivity contribution is 5.89. The Morgan fingerprint density at radius 2 is 1.92 bits per heavy atom. The Morgan fingerprint density at radius 1 is 1.20 bits per heavy atom. The van der Waals surface area contributed by atoms with E-state index in [9.17, 15) is 9.59 Å². The summed E-state index contributed by atoms with van der Waals surface area (Å²) in [6, 6.07) is 3.01. The molecule has 0 aliphatic carbocycles. The van der Waals surface area contributed by atoms with E-state index >= 15 is 0 Å². The first-order chi connectivity index (χ1) is 11.9. The number of hydrogen-bond donors (Lipinski definition) is 4. The maximum absolute atomic E-state index is 12.4. The molecule has 4 N–H and O–H groups in total. The highest BCUT2D eigenvalue weighted by atomic mass is 16.3. The molecule has 0 fully saturated rings. The number of rotatable bonds is 11. The van der Waals surface area contributed by atoms with Gasteiger partial charge in [-0.1, -0.05) is 13.8 Å². The number of carbonyl (C=O) groups is 2. The van der Waals surface area contributed by atoms with E-state index in [1.54, 1.807) is 13.2 Å². The van der Waals surface area contributed by atoms with Crippen LogP contribution in [0.1, 0.15) is 33.5 Å². The second-order valence-corrected chi connectivity index (χ2v) is 6.52. The topological polar surface area (TPSA) is 95.4 Å². The Hall–Kier alpha value is -1.86. The van der Waals surface area contributed by atoms with Gasteiger partial charge in [-0.05, 0) is 38.9 Å². The molecule has 1 heterocycles. The van der Waals surface area contributed by atoms with E-state index in [4.69, 9.17) is 4.42 Å². The van der Waals surface area contributed by atoms with Crippen molar-refractivity contribution >= 4 is 11.8 Å². The molecule has 0 saturated carbocycles. The molecule has 0 bridgehead atoms. The maximum atomic E-state index is 12.4. The minimum Gasteiger partial charge on any atom is -0.469 e. The third kappa shape index (κ3) is 7.27. The van der Waals surface area contributed by atoms with Crippen molar-refractivity contribution in [1.29, 1.82) is 0 Å². The zero-order chi connectivity index (χ0) is 18.8. The SMILES string of the molecule is CCNC(=O)[C@@H](NC(=O)[C@H](C)NC[C@H](Cc1ccco1)NC)C(C)C. The molecule has 3 atom stereocenters. The van der Waals surface area contributed by atoms with E-state index in [1.807, 2.05) is 40.0 Å². The molecule has 1 aromatic heterocycles. The zero-order valence-corrected chi connectivity index (χ0v) is 15.9. The lowest BCUT2D eigenvalue weighted by Gasteiger charge is -2.24. The van der Waals surface area contributed by atoms with Gasteiger partial charge in [-0.25, -0.2) is 0 Å². The van der Waals surface area contributed by atoms with Gasteiger partial charge in [-0.2, -0.15) is 0 Å². The summed E-state index contributed by atoms with van der Waals surface area (Å²) in [5.74, 6) is 0.586. The Morgan fingerprint density at radius 3 is 2.44 bits per heavy atom. The number of nitrogens with one attached hydrogen (secondary N) is 4.